The van der Waals surface area contributed by atoms with Crippen molar-refractivity contribution in [1.82, 2.24) is 0 Å². The highest BCUT2D eigenvalue weighted by Gasteiger charge is 2.21. The van der Waals surface area contributed by atoms with E-state index in [9.17, 15) is 0 Å². The zero-order valence-corrected chi connectivity index (χ0v) is 20.2. The number of hydrogen-bond donors (Lipinski definition) is 0. The third-order valence-corrected chi connectivity index (χ3v) is 8.50. The Labute approximate surface area is 204 Å². The summed E-state index contributed by atoms with van der Waals surface area (Å²) in [6.45, 7) is 2.21. The van der Waals surface area contributed by atoms with Crippen LogP contribution in [0.3, 0.4) is 0 Å². The number of allylic oxidation sites excluding steroid dienone is 1. The molecule has 0 nitrogen and oxygen atoms in total. The first-order valence-corrected chi connectivity index (χ1v) is 13.0. The Morgan fingerprint density at radius 3 is 1.59 bits per heavy atom. The molecule has 34 heavy (non-hydrogen) atoms. The zero-order chi connectivity index (χ0) is 23.2. The molecule has 164 valence electrons. The molecule has 0 saturated heterocycles. The third kappa shape index (κ3) is 4.79. The van der Waals surface area contributed by atoms with Gasteiger partial charge in [-0.15, -0.1) is 0 Å². The summed E-state index contributed by atoms with van der Waals surface area (Å²) in [7, 11) is -0.690. The molecule has 0 spiro atoms. The van der Waals surface area contributed by atoms with Gasteiger partial charge in [-0.3, -0.25) is 0 Å². The maximum atomic E-state index is 2.31. The molecule has 5 aromatic carbocycles. The van der Waals surface area contributed by atoms with E-state index < -0.39 is 7.92 Å². The van der Waals surface area contributed by atoms with Gasteiger partial charge in [0.1, 0.15) is 0 Å². The Kier molecular flexibility index (Phi) is 6.80. The molecule has 5 rings (SSSR count). The first-order chi connectivity index (χ1) is 16.8. The van der Waals surface area contributed by atoms with E-state index in [0.717, 1.165) is 0 Å². The Morgan fingerprint density at radius 1 is 0.500 bits per heavy atom. The quantitative estimate of drug-likeness (QED) is 0.182. The summed E-state index contributed by atoms with van der Waals surface area (Å²) in [5, 5.41) is 4.12. The van der Waals surface area contributed by atoms with Crippen molar-refractivity contribution in [2.45, 2.75) is 6.92 Å². The predicted molar refractivity (Wildman–Crippen MR) is 151 cm³/mol. The second-order valence-electron chi connectivity index (χ2n) is 8.31. The van der Waals surface area contributed by atoms with Crippen LogP contribution in [0.1, 0.15) is 18.1 Å². The van der Waals surface area contributed by atoms with Crippen LogP contribution in [0.4, 0.5) is 0 Å². The van der Waals surface area contributed by atoms with Crippen molar-refractivity contribution in [2.75, 3.05) is 0 Å². The van der Waals surface area contributed by atoms with Gasteiger partial charge in [-0.1, -0.05) is 146 Å². The van der Waals surface area contributed by atoms with Gasteiger partial charge in [0.15, 0.2) is 0 Å². The topological polar surface area (TPSA) is 0 Å². The van der Waals surface area contributed by atoms with Crippen LogP contribution in [0, 0.1) is 0 Å². The summed E-state index contributed by atoms with van der Waals surface area (Å²) >= 11 is 0. The minimum Gasteiger partial charge on any atom is -0.0622 e. The highest BCUT2D eigenvalue weighted by Crippen LogP contribution is 2.39. The summed E-state index contributed by atoms with van der Waals surface area (Å²) in [4.78, 5) is 0. The van der Waals surface area contributed by atoms with E-state index in [0.29, 0.717) is 0 Å². The van der Waals surface area contributed by atoms with Gasteiger partial charge in [-0.05, 0) is 58.6 Å². The highest BCUT2D eigenvalue weighted by molar-refractivity contribution is 7.80. The molecule has 0 N–H and O–H groups in total. The minimum absolute atomic E-state index is 0.690. The van der Waals surface area contributed by atoms with Crippen LogP contribution in [0.2, 0.25) is 0 Å². The first kappa shape index (κ1) is 22.1. The molecule has 0 amide bonds. The Bertz CT molecular complexity index is 1350. The Hall–Kier alpha value is -3.73. The van der Waals surface area contributed by atoms with Crippen molar-refractivity contribution < 1.29 is 0 Å². The molecule has 0 aliphatic heterocycles. The van der Waals surface area contributed by atoms with E-state index >= 15 is 0 Å². The van der Waals surface area contributed by atoms with Gasteiger partial charge in [-0.25, -0.2) is 0 Å². The molecule has 1 heteroatoms. The van der Waals surface area contributed by atoms with Crippen LogP contribution in [0.15, 0.2) is 140 Å². The molecule has 5 aromatic rings. The molecule has 0 aliphatic carbocycles. The fourth-order valence-corrected chi connectivity index (χ4v) is 6.88. The van der Waals surface area contributed by atoms with E-state index in [-0.39, 0.29) is 0 Å². The summed E-state index contributed by atoms with van der Waals surface area (Å²) in [5.74, 6) is 0. The van der Waals surface area contributed by atoms with Crippen molar-refractivity contribution in [1.29, 1.82) is 0 Å². The van der Waals surface area contributed by atoms with Gasteiger partial charge in [0.05, 0.1) is 0 Å². The summed E-state index contributed by atoms with van der Waals surface area (Å²) in [6.07, 6.45) is 2.28. The van der Waals surface area contributed by atoms with Crippen molar-refractivity contribution >= 4 is 35.5 Å². The average Bonchev–Trinajstić information content (AvgIpc) is 2.91. The lowest BCUT2D eigenvalue weighted by Gasteiger charge is -2.23. The van der Waals surface area contributed by atoms with Gasteiger partial charge in [0.25, 0.3) is 0 Å². The highest BCUT2D eigenvalue weighted by atomic mass is 31.1. The van der Waals surface area contributed by atoms with Crippen LogP contribution in [-0.4, -0.2) is 0 Å². The van der Waals surface area contributed by atoms with E-state index in [1.807, 2.05) is 0 Å². The monoisotopic (exact) mass is 454 g/mol. The molecule has 0 heterocycles. The molecule has 0 radical (unpaired) electrons. The Morgan fingerprint density at radius 2 is 0.971 bits per heavy atom. The molecular formula is C33H27P. The van der Waals surface area contributed by atoms with E-state index in [2.05, 4.69) is 153 Å². The second kappa shape index (κ2) is 10.5. The Balaban J connectivity index is 1.68. The molecule has 0 saturated carbocycles. The van der Waals surface area contributed by atoms with Gasteiger partial charge < -0.3 is 0 Å². The molecule has 0 bridgehead atoms. The maximum absolute atomic E-state index is 2.31. The summed E-state index contributed by atoms with van der Waals surface area (Å²) < 4.78 is 0. The van der Waals surface area contributed by atoms with Crippen molar-refractivity contribution in [3.05, 3.63) is 151 Å². The second-order valence-corrected chi connectivity index (χ2v) is 10.5. The van der Waals surface area contributed by atoms with E-state index in [1.54, 1.807) is 0 Å². The largest absolute Gasteiger partial charge is 0.0622 e. The average molecular weight is 455 g/mol. The van der Waals surface area contributed by atoms with E-state index in [4.69, 9.17) is 0 Å². The molecule has 0 fully saturated rings. The molecule has 0 aliphatic rings. The lowest BCUT2D eigenvalue weighted by Crippen LogP contribution is -2.22. The van der Waals surface area contributed by atoms with Crippen molar-refractivity contribution in [2.24, 2.45) is 0 Å². The SMILES string of the molecule is C/C(=C\c1ccccc1)c1ccccc1-c1ccccc1P(c1ccccc1)c1ccccc1. The summed E-state index contributed by atoms with van der Waals surface area (Å²) in [5.41, 5.74) is 6.34. The standard InChI is InChI=1S/C33H27P/c1-26(25-27-15-5-2-6-16-27)30-21-11-12-22-31(30)32-23-13-14-24-33(32)34(28-17-7-3-8-18-28)29-19-9-4-10-20-29/h2-25H,1H3/b26-25+. The zero-order valence-electron chi connectivity index (χ0n) is 19.3. The molecular weight excluding hydrogens is 427 g/mol. The fraction of sp³-hybridized carbons (Fsp3) is 0.0303. The molecule has 0 aromatic heterocycles. The number of hydrogen-bond acceptors (Lipinski definition) is 0. The van der Waals surface area contributed by atoms with Crippen LogP contribution in [0.25, 0.3) is 22.8 Å². The molecule has 0 unspecified atom stereocenters. The smallest absolute Gasteiger partial charge is 0.00724 e. The van der Waals surface area contributed by atoms with Crippen LogP contribution >= 0.6 is 7.92 Å². The van der Waals surface area contributed by atoms with Gasteiger partial charge >= 0.3 is 0 Å². The minimum atomic E-state index is -0.690. The predicted octanol–water partition coefficient (Wildman–Crippen LogP) is 7.67. The van der Waals surface area contributed by atoms with Crippen LogP contribution in [0.5, 0.6) is 0 Å². The van der Waals surface area contributed by atoms with Crippen molar-refractivity contribution in [3.8, 4) is 11.1 Å². The van der Waals surface area contributed by atoms with Gasteiger partial charge in [-0.2, -0.15) is 0 Å². The van der Waals surface area contributed by atoms with Crippen molar-refractivity contribution in [3.63, 3.8) is 0 Å². The van der Waals surface area contributed by atoms with E-state index in [1.165, 1.54) is 43.7 Å². The van der Waals surface area contributed by atoms with Gasteiger partial charge in [0, 0.05) is 0 Å². The normalized spacial score (nSPS) is 11.5. The number of benzene rings is 5. The summed E-state index contributed by atoms with van der Waals surface area (Å²) in [6, 6.07) is 50.1. The number of rotatable bonds is 6. The van der Waals surface area contributed by atoms with Crippen LogP contribution < -0.4 is 15.9 Å². The lowest BCUT2D eigenvalue weighted by molar-refractivity contribution is 1.55. The molecule has 0 atom stereocenters. The fourth-order valence-electron chi connectivity index (χ4n) is 4.42. The maximum Gasteiger partial charge on any atom is -0.00724 e. The third-order valence-electron chi connectivity index (χ3n) is 6.00. The van der Waals surface area contributed by atoms with Crippen LogP contribution in [-0.2, 0) is 0 Å². The van der Waals surface area contributed by atoms with Gasteiger partial charge in [0.2, 0.25) is 0 Å². The lowest BCUT2D eigenvalue weighted by atomic mass is 9.94. The first-order valence-electron chi connectivity index (χ1n) is 11.6.